The number of anilines is 1. The average molecular weight is 511 g/mol. The molecule has 5 rings (SSSR count). The van der Waals surface area contributed by atoms with Crippen LogP contribution in [0.5, 0.6) is 11.5 Å². The summed E-state index contributed by atoms with van der Waals surface area (Å²) in [5, 5.41) is 7.74. The molecule has 0 aliphatic carbocycles. The van der Waals surface area contributed by atoms with Gasteiger partial charge in [-0.15, -0.1) is 0 Å². The summed E-state index contributed by atoms with van der Waals surface area (Å²) < 4.78 is 12.7. The number of amides is 2. The van der Waals surface area contributed by atoms with Gasteiger partial charge in [0.1, 0.15) is 22.7 Å². The van der Waals surface area contributed by atoms with Gasteiger partial charge >= 0.3 is 0 Å². The number of nitrogens with zero attached hydrogens (tertiary/aromatic N) is 3. The second-order valence-electron chi connectivity index (χ2n) is 9.27. The largest absolute Gasteiger partial charge is 0.496 e. The molecule has 2 heterocycles. The fraction of sp³-hybridized carbons (Fsp3) is 0.233. The first-order valence-electron chi connectivity index (χ1n) is 12.6. The molecule has 0 saturated carbocycles. The summed E-state index contributed by atoms with van der Waals surface area (Å²) in [6.45, 7) is 4.66. The summed E-state index contributed by atoms with van der Waals surface area (Å²) >= 11 is 0. The Balaban J connectivity index is 1.52. The lowest BCUT2D eigenvalue weighted by atomic mass is 9.93. The van der Waals surface area contributed by atoms with Gasteiger partial charge in [-0.2, -0.15) is 5.10 Å². The molecule has 0 saturated heterocycles. The summed E-state index contributed by atoms with van der Waals surface area (Å²) in [6.07, 6.45) is 0. The number of rotatable bonds is 8. The molecule has 1 aliphatic heterocycles. The maximum atomic E-state index is 14.0. The highest BCUT2D eigenvalue weighted by atomic mass is 16.5. The molecule has 0 radical (unpaired) electrons. The number of carbonyl (C=O) groups excluding carboxylic acids is 2. The number of carbonyl (C=O) groups is 2. The van der Waals surface area contributed by atoms with Crippen LogP contribution in [0.2, 0.25) is 0 Å². The van der Waals surface area contributed by atoms with Gasteiger partial charge in [0.2, 0.25) is 5.91 Å². The Bertz CT molecular complexity index is 1450. The van der Waals surface area contributed by atoms with Gasteiger partial charge in [0.25, 0.3) is 5.91 Å². The Kier molecular flexibility index (Phi) is 6.87. The normalized spacial score (nSPS) is 16.6. The Hall–Kier alpha value is -4.59. The Labute approximate surface area is 221 Å². The maximum absolute atomic E-state index is 14.0. The van der Waals surface area contributed by atoms with Crippen molar-refractivity contribution < 1.29 is 19.1 Å². The molecule has 1 aromatic heterocycles. The van der Waals surface area contributed by atoms with Crippen molar-refractivity contribution in [1.29, 1.82) is 0 Å². The van der Waals surface area contributed by atoms with E-state index in [1.165, 1.54) is 0 Å². The van der Waals surface area contributed by atoms with Gasteiger partial charge in [0.05, 0.1) is 26.0 Å². The van der Waals surface area contributed by atoms with Gasteiger partial charge < -0.3 is 14.8 Å². The SMILES string of the molecule is CCOc1ccc(N2C(=O)c3cc(-c4ccccc4)nn3CC2(C)C(=O)NCc2ccccc2OC)cc1. The summed E-state index contributed by atoms with van der Waals surface area (Å²) in [6, 6.07) is 26.2. The van der Waals surface area contributed by atoms with Crippen LogP contribution in [0.3, 0.4) is 0 Å². The standard InChI is InChI=1S/C30H30N4O4/c1-4-38-24-16-14-23(15-17-24)34-28(35)26-18-25(21-10-6-5-7-11-21)32-33(26)20-30(34,2)29(36)31-19-22-12-8-9-13-27(22)37-3/h5-18H,4,19-20H2,1-3H3,(H,31,36). The second-order valence-corrected chi connectivity index (χ2v) is 9.27. The second kappa shape index (κ2) is 10.4. The molecule has 8 heteroatoms. The third-order valence-electron chi connectivity index (χ3n) is 6.75. The van der Waals surface area contributed by atoms with Crippen LogP contribution in [0.1, 0.15) is 29.9 Å². The van der Waals surface area contributed by atoms with Crippen molar-refractivity contribution in [2.45, 2.75) is 32.5 Å². The molecule has 1 aliphatic rings. The van der Waals surface area contributed by atoms with Crippen LogP contribution in [0.25, 0.3) is 11.3 Å². The fourth-order valence-electron chi connectivity index (χ4n) is 4.81. The van der Waals surface area contributed by atoms with Crippen LogP contribution >= 0.6 is 0 Å². The van der Waals surface area contributed by atoms with Crippen LogP contribution in [0, 0.1) is 0 Å². The van der Waals surface area contributed by atoms with Crippen molar-refractivity contribution in [3.8, 4) is 22.8 Å². The van der Waals surface area contributed by atoms with Crippen molar-refractivity contribution in [3.63, 3.8) is 0 Å². The van der Waals surface area contributed by atoms with Gasteiger partial charge in [-0.05, 0) is 50.2 Å². The van der Waals surface area contributed by atoms with E-state index in [-0.39, 0.29) is 24.9 Å². The molecular weight excluding hydrogens is 480 g/mol. The zero-order valence-electron chi connectivity index (χ0n) is 21.7. The lowest BCUT2D eigenvalue weighted by Gasteiger charge is -2.43. The van der Waals surface area contributed by atoms with E-state index in [1.807, 2.05) is 61.5 Å². The van der Waals surface area contributed by atoms with E-state index in [1.54, 1.807) is 53.9 Å². The number of hydrogen-bond acceptors (Lipinski definition) is 5. The van der Waals surface area contributed by atoms with Crippen molar-refractivity contribution in [2.75, 3.05) is 18.6 Å². The Morgan fingerprint density at radius 3 is 2.45 bits per heavy atom. The van der Waals surface area contributed by atoms with Gasteiger partial charge in [-0.3, -0.25) is 19.2 Å². The van der Waals surface area contributed by atoms with Crippen LogP contribution in [0.15, 0.2) is 84.9 Å². The molecule has 8 nitrogen and oxygen atoms in total. The lowest BCUT2D eigenvalue weighted by Crippen LogP contribution is -2.64. The molecule has 0 bridgehead atoms. The first-order valence-corrected chi connectivity index (χ1v) is 12.6. The number of aromatic nitrogens is 2. The van der Waals surface area contributed by atoms with Gasteiger partial charge in [0, 0.05) is 23.4 Å². The molecule has 194 valence electrons. The average Bonchev–Trinajstić information content (AvgIpc) is 3.37. The van der Waals surface area contributed by atoms with Crippen LogP contribution in [0.4, 0.5) is 5.69 Å². The summed E-state index contributed by atoms with van der Waals surface area (Å²) in [7, 11) is 1.60. The number of nitrogens with one attached hydrogen (secondary N) is 1. The van der Waals surface area contributed by atoms with Crippen LogP contribution in [-0.2, 0) is 17.9 Å². The van der Waals surface area contributed by atoms with E-state index >= 15 is 0 Å². The highest BCUT2D eigenvalue weighted by molar-refractivity contribution is 6.12. The number of benzene rings is 3. The number of ether oxygens (including phenoxy) is 2. The first-order chi connectivity index (χ1) is 18.4. The Morgan fingerprint density at radius 1 is 1.03 bits per heavy atom. The van der Waals surface area contributed by atoms with E-state index in [2.05, 4.69) is 5.32 Å². The molecular formula is C30H30N4O4. The topological polar surface area (TPSA) is 85.7 Å². The zero-order chi connectivity index (χ0) is 26.7. The monoisotopic (exact) mass is 510 g/mol. The van der Waals surface area contributed by atoms with Gasteiger partial charge in [0.15, 0.2) is 0 Å². The number of fused-ring (bicyclic) bond motifs is 1. The maximum Gasteiger partial charge on any atom is 0.277 e. The number of para-hydroxylation sites is 1. The predicted molar refractivity (Wildman–Crippen MR) is 145 cm³/mol. The summed E-state index contributed by atoms with van der Waals surface area (Å²) in [5.74, 6) is 0.778. The van der Waals surface area contributed by atoms with Crippen molar-refractivity contribution in [2.24, 2.45) is 0 Å². The molecule has 0 fully saturated rings. The molecule has 1 unspecified atom stereocenters. The van der Waals surface area contributed by atoms with E-state index < -0.39 is 5.54 Å². The van der Waals surface area contributed by atoms with Crippen LogP contribution in [-0.4, -0.2) is 40.9 Å². The van der Waals surface area contributed by atoms with E-state index in [0.717, 1.165) is 11.1 Å². The highest BCUT2D eigenvalue weighted by Crippen LogP contribution is 2.35. The smallest absolute Gasteiger partial charge is 0.277 e. The summed E-state index contributed by atoms with van der Waals surface area (Å²) in [5.41, 5.74) is 2.19. The minimum Gasteiger partial charge on any atom is -0.496 e. The zero-order valence-corrected chi connectivity index (χ0v) is 21.7. The lowest BCUT2D eigenvalue weighted by molar-refractivity contribution is -0.126. The van der Waals surface area contributed by atoms with Crippen molar-refractivity contribution >= 4 is 17.5 Å². The molecule has 2 amide bonds. The van der Waals surface area contributed by atoms with E-state index in [4.69, 9.17) is 14.6 Å². The first kappa shape index (κ1) is 25.1. The minimum atomic E-state index is -1.25. The fourth-order valence-corrected chi connectivity index (χ4v) is 4.81. The van der Waals surface area contributed by atoms with Crippen LogP contribution < -0.4 is 19.7 Å². The van der Waals surface area contributed by atoms with E-state index in [9.17, 15) is 9.59 Å². The van der Waals surface area contributed by atoms with Crippen molar-refractivity contribution in [1.82, 2.24) is 15.1 Å². The van der Waals surface area contributed by atoms with Gasteiger partial charge in [-0.1, -0.05) is 48.5 Å². The minimum absolute atomic E-state index is 0.186. The molecule has 38 heavy (non-hydrogen) atoms. The quantitative estimate of drug-likeness (QED) is 0.372. The molecule has 1 N–H and O–H groups in total. The predicted octanol–water partition coefficient (Wildman–Crippen LogP) is 4.69. The van der Waals surface area contributed by atoms with Crippen molar-refractivity contribution in [3.05, 3.63) is 96.2 Å². The number of methoxy groups -OCH3 is 1. The van der Waals surface area contributed by atoms with Gasteiger partial charge in [-0.25, -0.2) is 0 Å². The third-order valence-corrected chi connectivity index (χ3v) is 6.75. The number of hydrogen-bond donors (Lipinski definition) is 1. The van der Waals surface area contributed by atoms with E-state index in [0.29, 0.717) is 35.2 Å². The molecule has 0 spiro atoms. The highest BCUT2D eigenvalue weighted by Gasteiger charge is 2.49. The molecule has 4 aromatic rings. The Morgan fingerprint density at radius 2 is 1.74 bits per heavy atom. The summed E-state index contributed by atoms with van der Waals surface area (Å²) in [4.78, 5) is 29.4. The molecule has 1 atom stereocenters. The third kappa shape index (κ3) is 4.61. The molecule has 3 aromatic carbocycles.